The third kappa shape index (κ3) is 3.60. The first kappa shape index (κ1) is 10.9. The fourth-order valence-electron chi connectivity index (χ4n) is 1.06. The Balaban J connectivity index is 2.64. The fourth-order valence-corrected chi connectivity index (χ4v) is 1.06. The molecule has 1 aromatic rings. The van der Waals surface area contributed by atoms with E-state index in [2.05, 4.69) is 15.3 Å². The SMILES string of the molecule is CC(CC(=O)O)Nc1cc(C#N)ncn1. The summed E-state index contributed by atoms with van der Waals surface area (Å²) in [4.78, 5) is 18.0. The average Bonchev–Trinajstić information content (AvgIpc) is 2.16. The summed E-state index contributed by atoms with van der Waals surface area (Å²) in [6.45, 7) is 1.72. The lowest BCUT2D eigenvalue weighted by Crippen LogP contribution is -2.20. The van der Waals surface area contributed by atoms with Gasteiger partial charge in [0.15, 0.2) is 0 Å². The Hall–Kier alpha value is -2.16. The number of nitriles is 1. The van der Waals surface area contributed by atoms with Gasteiger partial charge in [-0.15, -0.1) is 0 Å². The molecule has 15 heavy (non-hydrogen) atoms. The lowest BCUT2D eigenvalue weighted by molar-refractivity contribution is -0.137. The molecule has 1 aromatic heterocycles. The minimum absolute atomic E-state index is 0.00805. The maximum atomic E-state index is 10.4. The summed E-state index contributed by atoms with van der Waals surface area (Å²) in [7, 11) is 0. The van der Waals surface area contributed by atoms with E-state index in [1.54, 1.807) is 6.92 Å². The van der Waals surface area contributed by atoms with E-state index >= 15 is 0 Å². The number of carboxylic acids is 1. The van der Waals surface area contributed by atoms with Crippen molar-refractivity contribution < 1.29 is 9.90 Å². The van der Waals surface area contributed by atoms with Gasteiger partial charge in [-0.05, 0) is 6.92 Å². The third-order valence-corrected chi connectivity index (χ3v) is 1.66. The van der Waals surface area contributed by atoms with Gasteiger partial charge in [0, 0.05) is 12.1 Å². The number of aliphatic carboxylic acids is 1. The molecular formula is C9H10N4O2. The van der Waals surface area contributed by atoms with Crippen molar-refractivity contribution in [2.75, 3.05) is 5.32 Å². The highest BCUT2D eigenvalue weighted by Gasteiger charge is 2.08. The standard InChI is InChI=1S/C9H10N4O2/c1-6(2-9(14)15)13-8-3-7(4-10)11-5-12-8/h3,5-6H,2H2,1H3,(H,14,15)(H,11,12,13). The molecule has 1 heterocycles. The van der Waals surface area contributed by atoms with Gasteiger partial charge in [0.2, 0.25) is 0 Å². The predicted octanol–water partition coefficient (Wildman–Crippen LogP) is 0.623. The van der Waals surface area contributed by atoms with Crippen molar-refractivity contribution in [2.45, 2.75) is 19.4 Å². The Morgan fingerprint density at radius 2 is 2.47 bits per heavy atom. The highest BCUT2D eigenvalue weighted by molar-refractivity contribution is 5.68. The third-order valence-electron chi connectivity index (χ3n) is 1.66. The largest absolute Gasteiger partial charge is 0.481 e. The average molecular weight is 206 g/mol. The van der Waals surface area contributed by atoms with Gasteiger partial charge in [-0.2, -0.15) is 5.26 Å². The van der Waals surface area contributed by atoms with Crippen molar-refractivity contribution in [3.05, 3.63) is 18.1 Å². The van der Waals surface area contributed by atoms with Crippen LogP contribution in [0.4, 0.5) is 5.82 Å². The molecule has 0 aromatic carbocycles. The summed E-state index contributed by atoms with van der Waals surface area (Å²) in [5.74, 6) is -0.431. The molecule has 78 valence electrons. The van der Waals surface area contributed by atoms with Crippen molar-refractivity contribution in [1.29, 1.82) is 5.26 Å². The van der Waals surface area contributed by atoms with Gasteiger partial charge in [-0.1, -0.05) is 0 Å². The van der Waals surface area contributed by atoms with Crippen molar-refractivity contribution in [3.8, 4) is 6.07 Å². The molecular weight excluding hydrogens is 196 g/mol. The van der Waals surface area contributed by atoms with Crippen LogP contribution in [0, 0.1) is 11.3 Å². The molecule has 0 aliphatic heterocycles. The number of anilines is 1. The van der Waals surface area contributed by atoms with Gasteiger partial charge in [-0.25, -0.2) is 9.97 Å². The second kappa shape index (κ2) is 4.91. The summed E-state index contributed by atoms with van der Waals surface area (Å²) in [6, 6.07) is 3.10. The van der Waals surface area contributed by atoms with E-state index in [1.165, 1.54) is 12.4 Å². The number of nitrogens with zero attached hydrogens (tertiary/aromatic N) is 3. The van der Waals surface area contributed by atoms with Crippen LogP contribution in [0.25, 0.3) is 0 Å². The molecule has 0 saturated heterocycles. The molecule has 6 heteroatoms. The summed E-state index contributed by atoms with van der Waals surface area (Å²) in [5.41, 5.74) is 0.245. The summed E-state index contributed by atoms with van der Waals surface area (Å²) < 4.78 is 0. The summed E-state index contributed by atoms with van der Waals surface area (Å²) in [5, 5.41) is 20.0. The van der Waals surface area contributed by atoms with Crippen molar-refractivity contribution in [1.82, 2.24) is 9.97 Å². The molecule has 1 rings (SSSR count). The first-order valence-corrected chi connectivity index (χ1v) is 4.32. The Morgan fingerprint density at radius 1 is 1.73 bits per heavy atom. The van der Waals surface area contributed by atoms with E-state index in [-0.39, 0.29) is 18.2 Å². The van der Waals surface area contributed by atoms with Crippen LogP contribution in [-0.2, 0) is 4.79 Å². The van der Waals surface area contributed by atoms with Crippen molar-refractivity contribution in [2.24, 2.45) is 0 Å². The summed E-state index contributed by atoms with van der Waals surface area (Å²) >= 11 is 0. The zero-order valence-electron chi connectivity index (χ0n) is 8.14. The molecule has 0 saturated carbocycles. The molecule has 0 bridgehead atoms. The van der Waals surface area contributed by atoms with Crippen LogP contribution >= 0.6 is 0 Å². The fraction of sp³-hybridized carbons (Fsp3) is 0.333. The number of carbonyl (C=O) groups is 1. The molecule has 0 aliphatic carbocycles. The van der Waals surface area contributed by atoms with Crippen LogP contribution in [-0.4, -0.2) is 27.1 Å². The molecule has 2 N–H and O–H groups in total. The van der Waals surface area contributed by atoms with E-state index in [9.17, 15) is 4.79 Å². The van der Waals surface area contributed by atoms with E-state index < -0.39 is 5.97 Å². The monoisotopic (exact) mass is 206 g/mol. The lowest BCUT2D eigenvalue weighted by Gasteiger charge is -2.11. The number of hydrogen-bond acceptors (Lipinski definition) is 5. The lowest BCUT2D eigenvalue weighted by atomic mass is 10.2. The molecule has 0 spiro atoms. The van der Waals surface area contributed by atoms with Gasteiger partial charge >= 0.3 is 5.97 Å². The Kier molecular flexibility index (Phi) is 3.57. The van der Waals surface area contributed by atoms with E-state index in [0.29, 0.717) is 5.82 Å². The van der Waals surface area contributed by atoms with Crippen LogP contribution < -0.4 is 5.32 Å². The second-order valence-electron chi connectivity index (χ2n) is 3.04. The number of aromatic nitrogens is 2. The van der Waals surface area contributed by atoms with Gasteiger partial charge in [-0.3, -0.25) is 4.79 Å². The first-order chi connectivity index (χ1) is 7.11. The van der Waals surface area contributed by atoms with Gasteiger partial charge < -0.3 is 10.4 Å². The molecule has 0 fully saturated rings. The smallest absolute Gasteiger partial charge is 0.305 e. The second-order valence-corrected chi connectivity index (χ2v) is 3.04. The van der Waals surface area contributed by atoms with E-state index in [0.717, 1.165) is 0 Å². The minimum atomic E-state index is -0.885. The highest BCUT2D eigenvalue weighted by Crippen LogP contribution is 2.06. The summed E-state index contributed by atoms with van der Waals surface area (Å²) in [6.07, 6.45) is 1.25. The number of rotatable bonds is 4. The van der Waals surface area contributed by atoms with Gasteiger partial charge in [0.05, 0.1) is 6.42 Å². The molecule has 1 atom stereocenters. The topological polar surface area (TPSA) is 98.9 Å². The van der Waals surface area contributed by atoms with Gasteiger partial charge in [0.1, 0.15) is 23.9 Å². The van der Waals surface area contributed by atoms with E-state index in [4.69, 9.17) is 10.4 Å². The Labute approximate surface area is 86.6 Å². The highest BCUT2D eigenvalue weighted by atomic mass is 16.4. The zero-order valence-corrected chi connectivity index (χ0v) is 8.14. The Morgan fingerprint density at radius 3 is 3.07 bits per heavy atom. The predicted molar refractivity (Wildman–Crippen MR) is 52.1 cm³/mol. The van der Waals surface area contributed by atoms with Crippen LogP contribution in [0.2, 0.25) is 0 Å². The molecule has 0 amide bonds. The van der Waals surface area contributed by atoms with Crippen LogP contribution in [0.1, 0.15) is 19.0 Å². The van der Waals surface area contributed by atoms with Crippen molar-refractivity contribution in [3.63, 3.8) is 0 Å². The molecule has 0 radical (unpaired) electrons. The number of hydrogen-bond donors (Lipinski definition) is 2. The van der Waals surface area contributed by atoms with Gasteiger partial charge in [0.25, 0.3) is 0 Å². The first-order valence-electron chi connectivity index (χ1n) is 4.32. The maximum absolute atomic E-state index is 10.4. The van der Waals surface area contributed by atoms with E-state index in [1.807, 2.05) is 6.07 Å². The van der Waals surface area contributed by atoms with Crippen LogP contribution in [0.3, 0.4) is 0 Å². The number of carboxylic acid groups (broad SMARTS) is 1. The molecule has 6 nitrogen and oxygen atoms in total. The quantitative estimate of drug-likeness (QED) is 0.749. The van der Waals surface area contributed by atoms with Crippen LogP contribution in [0.15, 0.2) is 12.4 Å². The zero-order chi connectivity index (χ0) is 11.3. The Bertz CT molecular complexity index is 399. The maximum Gasteiger partial charge on any atom is 0.305 e. The minimum Gasteiger partial charge on any atom is -0.481 e. The van der Waals surface area contributed by atoms with Crippen LogP contribution in [0.5, 0.6) is 0 Å². The molecule has 0 aliphatic rings. The normalized spacial score (nSPS) is 11.5. The number of nitrogens with one attached hydrogen (secondary N) is 1. The molecule has 1 unspecified atom stereocenters. The van der Waals surface area contributed by atoms with Crippen molar-refractivity contribution >= 4 is 11.8 Å².